The second-order valence-electron chi connectivity index (χ2n) is 8.82. The molecule has 0 amide bonds. The average molecular weight is 388 g/mol. The van der Waals surface area contributed by atoms with E-state index in [4.69, 9.17) is 11.6 Å². The number of aromatic nitrogens is 2. The highest BCUT2D eigenvalue weighted by atomic mass is 35.5. The Morgan fingerprint density at radius 1 is 1.15 bits per heavy atom. The number of hydrogen-bond donors (Lipinski definition) is 1. The molecule has 0 spiro atoms. The zero-order chi connectivity index (χ0) is 18.8. The molecule has 0 unspecified atom stereocenters. The summed E-state index contributed by atoms with van der Waals surface area (Å²) in [7, 11) is 0. The van der Waals surface area contributed by atoms with Crippen molar-refractivity contribution in [3.05, 3.63) is 51.2 Å². The molecule has 4 fully saturated rings. The van der Waals surface area contributed by atoms with Crippen LogP contribution in [0.5, 0.6) is 0 Å². The largest absolute Gasteiger partial charge is 0.353 e. The molecule has 6 rings (SSSR count). The Balaban J connectivity index is 1.50. The summed E-state index contributed by atoms with van der Waals surface area (Å²) in [5.41, 5.74) is 1.56. The summed E-state index contributed by atoms with van der Waals surface area (Å²) in [6.07, 6.45) is 8.72. The highest BCUT2D eigenvalue weighted by Gasteiger charge is 2.53. The first kappa shape index (κ1) is 17.2. The maximum absolute atomic E-state index is 13.3. The van der Waals surface area contributed by atoms with Crippen LogP contribution in [0.4, 0.5) is 15.8 Å². The van der Waals surface area contributed by atoms with Gasteiger partial charge in [-0.2, -0.15) is 5.10 Å². The van der Waals surface area contributed by atoms with Gasteiger partial charge in [-0.3, -0.25) is 4.79 Å². The van der Waals surface area contributed by atoms with Crippen LogP contribution in [0.3, 0.4) is 0 Å². The Morgan fingerprint density at radius 2 is 1.78 bits per heavy atom. The molecule has 4 aliphatic rings. The van der Waals surface area contributed by atoms with E-state index in [0.717, 1.165) is 42.6 Å². The molecular formula is C21H23ClFN3O. The van der Waals surface area contributed by atoms with Crippen molar-refractivity contribution in [3.8, 4) is 0 Å². The topological polar surface area (TPSA) is 46.9 Å². The second kappa shape index (κ2) is 6.06. The first-order valence-electron chi connectivity index (χ1n) is 9.75. The molecule has 0 saturated heterocycles. The highest BCUT2D eigenvalue weighted by molar-refractivity contribution is 6.33. The van der Waals surface area contributed by atoms with Crippen molar-refractivity contribution in [2.24, 2.45) is 17.8 Å². The van der Waals surface area contributed by atoms with Gasteiger partial charge in [0.25, 0.3) is 5.56 Å². The lowest BCUT2D eigenvalue weighted by molar-refractivity contribution is -0.0518. The van der Waals surface area contributed by atoms with Crippen LogP contribution >= 0.6 is 11.6 Å². The number of aryl methyl sites for hydroxylation is 1. The van der Waals surface area contributed by atoms with E-state index in [0.29, 0.717) is 11.4 Å². The van der Waals surface area contributed by atoms with Gasteiger partial charge in [0, 0.05) is 5.69 Å². The van der Waals surface area contributed by atoms with Crippen LogP contribution in [-0.2, 0) is 5.54 Å². The normalized spacial score (nSPS) is 31.3. The third kappa shape index (κ3) is 2.78. The predicted octanol–water partition coefficient (Wildman–Crippen LogP) is 5.01. The molecule has 1 N–H and O–H groups in total. The van der Waals surface area contributed by atoms with Gasteiger partial charge in [0.15, 0.2) is 0 Å². The van der Waals surface area contributed by atoms with E-state index in [1.165, 1.54) is 31.4 Å². The fourth-order valence-corrected chi connectivity index (χ4v) is 6.27. The molecule has 0 atom stereocenters. The Labute approximate surface area is 162 Å². The van der Waals surface area contributed by atoms with Crippen LogP contribution in [-0.4, -0.2) is 9.78 Å². The summed E-state index contributed by atoms with van der Waals surface area (Å²) < 4.78 is 15.0. The number of anilines is 2. The number of nitrogens with zero attached hydrogens (tertiary/aromatic N) is 2. The molecule has 1 aromatic heterocycles. The first-order valence-corrected chi connectivity index (χ1v) is 10.1. The van der Waals surface area contributed by atoms with Crippen molar-refractivity contribution in [2.75, 3.05) is 5.32 Å². The smallest absolute Gasteiger partial charge is 0.288 e. The standard InChI is InChI=1S/C21H23ClFN3O/c1-12-4-16(23)2-3-17(12)25-18-11-24-26(20(27)19(18)22)21-8-13-5-14(9-21)7-15(6-13)10-21/h2-4,11,13-15,25H,5-10H2,1H3. The van der Waals surface area contributed by atoms with Crippen LogP contribution in [0.2, 0.25) is 5.02 Å². The van der Waals surface area contributed by atoms with Crippen LogP contribution in [0.15, 0.2) is 29.2 Å². The quantitative estimate of drug-likeness (QED) is 0.804. The highest BCUT2D eigenvalue weighted by Crippen LogP contribution is 2.58. The van der Waals surface area contributed by atoms with Gasteiger partial charge in [-0.15, -0.1) is 0 Å². The number of benzene rings is 1. The zero-order valence-electron chi connectivity index (χ0n) is 15.3. The Morgan fingerprint density at radius 3 is 2.37 bits per heavy atom. The molecule has 0 radical (unpaired) electrons. The lowest BCUT2D eigenvalue weighted by Crippen LogP contribution is -2.55. The minimum Gasteiger partial charge on any atom is -0.353 e. The van der Waals surface area contributed by atoms with Gasteiger partial charge in [0.05, 0.1) is 17.4 Å². The summed E-state index contributed by atoms with van der Waals surface area (Å²) in [5, 5.41) is 7.85. The molecule has 4 bridgehead atoms. The molecule has 1 aromatic carbocycles. The minimum atomic E-state index is -0.292. The van der Waals surface area contributed by atoms with Crippen LogP contribution in [0.1, 0.15) is 44.1 Å². The van der Waals surface area contributed by atoms with Crippen molar-refractivity contribution in [1.29, 1.82) is 0 Å². The lowest BCUT2D eigenvalue weighted by Gasteiger charge is -2.56. The van der Waals surface area contributed by atoms with Crippen molar-refractivity contribution < 1.29 is 4.39 Å². The van der Waals surface area contributed by atoms with E-state index in [9.17, 15) is 9.18 Å². The summed E-state index contributed by atoms with van der Waals surface area (Å²) in [5.74, 6) is 1.88. The fraction of sp³-hybridized carbons (Fsp3) is 0.524. The molecular weight excluding hydrogens is 365 g/mol. The first-order chi connectivity index (χ1) is 12.9. The molecule has 6 heteroatoms. The predicted molar refractivity (Wildman–Crippen MR) is 104 cm³/mol. The maximum Gasteiger partial charge on any atom is 0.288 e. The van der Waals surface area contributed by atoms with E-state index < -0.39 is 0 Å². The van der Waals surface area contributed by atoms with Crippen LogP contribution in [0.25, 0.3) is 0 Å². The molecule has 27 heavy (non-hydrogen) atoms. The minimum absolute atomic E-state index is 0.153. The maximum atomic E-state index is 13.3. The molecule has 4 saturated carbocycles. The van der Waals surface area contributed by atoms with Gasteiger partial charge in [-0.05, 0) is 87.0 Å². The van der Waals surface area contributed by atoms with E-state index in [1.54, 1.807) is 16.9 Å². The third-order valence-electron chi connectivity index (χ3n) is 6.83. The van der Waals surface area contributed by atoms with Gasteiger partial charge in [0.2, 0.25) is 0 Å². The zero-order valence-corrected chi connectivity index (χ0v) is 16.1. The van der Waals surface area contributed by atoms with Crippen molar-refractivity contribution >= 4 is 23.0 Å². The van der Waals surface area contributed by atoms with Gasteiger partial charge >= 0.3 is 0 Å². The monoisotopic (exact) mass is 387 g/mol. The number of rotatable bonds is 3. The summed E-state index contributed by atoms with van der Waals surface area (Å²) in [4.78, 5) is 13.1. The summed E-state index contributed by atoms with van der Waals surface area (Å²) in [6.45, 7) is 1.81. The summed E-state index contributed by atoms with van der Waals surface area (Å²) in [6, 6.07) is 4.47. The molecule has 1 heterocycles. The van der Waals surface area contributed by atoms with Gasteiger partial charge < -0.3 is 5.32 Å². The lowest BCUT2D eigenvalue weighted by atomic mass is 9.53. The van der Waals surface area contributed by atoms with E-state index in [-0.39, 0.29) is 21.9 Å². The van der Waals surface area contributed by atoms with Gasteiger partial charge in [-0.25, -0.2) is 9.07 Å². The van der Waals surface area contributed by atoms with E-state index >= 15 is 0 Å². The molecule has 142 valence electrons. The Hall–Kier alpha value is -1.88. The molecule has 4 aliphatic carbocycles. The number of halogens is 2. The van der Waals surface area contributed by atoms with E-state index in [1.807, 2.05) is 6.92 Å². The van der Waals surface area contributed by atoms with E-state index in [2.05, 4.69) is 10.4 Å². The van der Waals surface area contributed by atoms with Crippen molar-refractivity contribution in [3.63, 3.8) is 0 Å². The Bertz CT molecular complexity index is 935. The Kier molecular flexibility index (Phi) is 3.87. The van der Waals surface area contributed by atoms with Gasteiger partial charge in [0.1, 0.15) is 10.8 Å². The molecule has 4 nitrogen and oxygen atoms in total. The molecule has 2 aromatic rings. The fourth-order valence-electron chi connectivity index (χ4n) is 6.09. The molecule has 0 aliphatic heterocycles. The van der Waals surface area contributed by atoms with Crippen LogP contribution < -0.4 is 10.9 Å². The van der Waals surface area contributed by atoms with Gasteiger partial charge in [-0.1, -0.05) is 11.6 Å². The van der Waals surface area contributed by atoms with Crippen molar-refractivity contribution in [2.45, 2.75) is 51.0 Å². The number of nitrogens with one attached hydrogen (secondary N) is 1. The average Bonchev–Trinajstić information content (AvgIpc) is 2.60. The number of hydrogen-bond acceptors (Lipinski definition) is 3. The summed E-state index contributed by atoms with van der Waals surface area (Å²) >= 11 is 6.46. The van der Waals surface area contributed by atoms with Crippen molar-refractivity contribution in [1.82, 2.24) is 9.78 Å². The van der Waals surface area contributed by atoms with Crippen LogP contribution in [0, 0.1) is 30.5 Å². The second-order valence-corrected chi connectivity index (χ2v) is 9.19. The SMILES string of the molecule is Cc1cc(F)ccc1Nc1cnn(C23CC4CC(CC(C4)C2)C3)c(=O)c1Cl. The third-order valence-corrected chi connectivity index (χ3v) is 7.20.